The monoisotopic (exact) mass is 232 g/mol. The first-order valence-electron chi connectivity index (χ1n) is 5.10. The van der Waals surface area contributed by atoms with Crippen molar-refractivity contribution in [3.63, 3.8) is 0 Å². The molecular weight excluding hydrogens is 212 g/mol. The molecule has 0 aliphatic rings. The van der Waals surface area contributed by atoms with E-state index in [9.17, 15) is 4.79 Å². The molecule has 0 saturated heterocycles. The smallest absolute Gasteiger partial charge is 0.224 e. The summed E-state index contributed by atoms with van der Waals surface area (Å²) in [5.41, 5.74) is 5.47. The maximum absolute atomic E-state index is 11.5. The molecule has 0 radical (unpaired) electrons. The molecule has 1 amide bonds. The van der Waals surface area contributed by atoms with Gasteiger partial charge in [-0.05, 0) is 6.92 Å². The van der Waals surface area contributed by atoms with E-state index in [0.29, 0.717) is 31.2 Å². The summed E-state index contributed by atoms with van der Waals surface area (Å²) in [5, 5.41) is 0. The van der Waals surface area contributed by atoms with Gasteiger partial charge < -0.3 is 15.4 Å². The number of rotatable bonds is 7. The van der Waals surface area contributed by atoms with Crippen molar-refractivity contribution >= 4 is 23.1 Å². The number of nitrogens with zero attached hydrogens (tertiary/aromatic N) is 1. The molecule has 0 bridgehead atoms. The lowest BCUT2D eigenvalue weighted by molar-refractivity contribution is -0.131. The van der Waals surface area contributed by atoms with Crippen molar-refractivity contribution in [1.29, 1.82) is 0 Å². The van der Waals surface area contributed by atoms with Crippen LogP contribution < -0.4 is 5.73 Å². The minimum Gasteiger partial charge on any atom is -0.393 e. The van der Waals surface area contributed by atoms with Crippen molar-refractivity contribution in [2.75, 3.05) is 26.8 Å². The predicted octanol–water partition coefficient (Wildman–Crippen LogP) is 0.794. The number of ether oxygens (including phenoxy) is 1. The van der Waals surface area contributed by atoms with Crippen LogP contribution in [0, 0.1) is 5.92 Å². The second-order valence-corrected chi connectivity index (χ2v) is 4.00. The standard InChI is InChI=1S/C10H20N2O2S/c1-4-14-6-5-9(13)12(3)7-8(2)10(11)15/h8H,4-7H2,1-3H3,(H2,11,15). The number of hydrogen-bond acceptors (Lipinski definition) is 3. The van der Waals surface area contributed by atoms with E-state index < -0.39 is 0 Å². The topological polar surface area (TPSA) is 55.6 Å². The van der Waals surface area contributed by atoms with Gasteiger partial charge in [-0.2, -0.15) is 0 Å². The van der Waals surface area contributed by atoms with Crippen LogP contribution >= 0.6 is 12.2 Å². The van der Waals surface area contributed by atoms with Gasteiger partial charge in [-0.3, -0.25) is 4.79 Å². The Bertz CT molecular complexity index is 221. The lowest BCUT2D eigenvalue weighted by Crippen LogP contribution is -2.35. The SMILES string of the molecule is CCOCCC(=O)N(C)CC(C)C(N)=S. The van der Waals surface area contributed by atoms with Crippen molar-refractivity contribution in [3.8, 4) is 0 Å². The third kappa shape index (κ3) is 6.41. The average molecular weight is 232 g/mol. The molecule has 1 unspecified atom stereocenters. The number of amides is 1. The maximum atomic E-state index is 11.5. The van der Waals surface area contributed by atoms with E-state index in [2.05, 4.69) is 0 Å². The van der Waals surface area contributed by atoms with Crippen LogP contribution in [-0.4, -0.2) is 42.6 Å². The van der Waals surface area contributed by atoms with Crippen LogP contribution in [0.4, 0.5) is 0 Å². The number of hydrogen-bond donors (Lipinski definition) is 1. The van der Waals surface area contributed by atoms with Gasteiger partial charge in [0.2, 0.25) is 5.91 Å². The van der Waals surface area contributed by atoms with Crippen molar-refractivity contribution in [2.24, 2.45) is 11.7 Å². The fourth-order valence-corrected chi connectivity index (χ4v) is 1.17. The second kappa shape index (κ2) is 7.59. The van der Waals surface area contributed by atoms with Gasteiger partial charge in [-0.1, -0.05) is 19.1 Å². The molecule has 88 valence electrons. The summed E-state index contributed by atoms with van der Waals surface area (Å²) < 4.78 is 5.11. The third-order valence-electron chi connectivity index (χ3n) is 2.12. The van der Waals surface area contributed by atoms with Gasteiger partial charge in [0.15, 0.2) is 0 Å². The van der Waals surface area contributed by atoms with E-state index in [1.54, 1.807) is 11.9 Å². The first-order valence-corrected chi connectivity index (χ1v) is 5.50. The molecule has 2 N–H and O–H groups in total. The Morgan fingerprint density at radius 1 is 1.60 bits per heavy atom. The summed E-state index contributed by atoms with van der Waals surface area (Å²) in [5.74, 6) is 0.118. The normalized spacial score (nSPS) is 12.2. The molecule has 0 aliphatic heterocycles. The van der Waals surface area contributed by atoms with E-state index in [4.69, 9.17) is 22.7 Å². The molecular formula is C10H20N2O2S. The molecule has 0 aromatic heterocycles. The largest absolute Gasteiger partial charge is 0.393 e. The maximum Gasteiger partial charge on any atom is 0.224 e. The molecule has 0 rings (SSSR count). The summed E-state index contributed by atoms with van der Waals surface area (Å²) in [6.07, 6.45) is 0.411. The Morgan fingerprint density at radius 2 is 2.20 bits per heavy atom. The number of thiocarbonyl (C=S) groups is 1. The zero-order valence-electron chi connectivity index (χ0n) is 9.66. The highest BCUT2D eigenvalue weighted by atomic mass is 32.1. The fraction of sp³-hybridized carbons (Fsp3) is 0.800. The second-order valence-electron chi connectivity index (χ2n) is 3.52. The molecule has 1 atom stereocenters. The lowest BCUT2D eigenvalue weighted by atomic mass is 10.1. The zero-order valence-corrected chi connectivity index (χ0v) is 10.5. The van der Waals surface area contributed by atoms with Crippen molar-refractivity contribution in [1.82, 2.24) is 4.90 Å². The van der Waals surface area contributed by atoms with E-state index in [0.717, 1.165) is 0 Å². The molecule has 0 fully saturated rings. The fourth-order valence-electron chi connectivity index (χ4n) is 1.10. The third-order valence-corrected chi connectivity index (χ3v) is 2.53. The lowest BCUT2D eigenvalue weighted by Gasteiger charge is -2.20. The minimum absolute atomic E-state index is 0.0565. The van der Waals surface area contributed by atoms with Crippen molar-refractivity contribution < 1.29 is 9.53 Å². The number of nitrogens with two attached hydrogens (primary N) is 1. The van der Waals surface area contributed by atoms with Crippen LogP contribution in [0.25, 0.3) is 0 Å². The van der Waals surface area contributed by atoms with E-state index >= 15 is 0 Å². The van der Waals surface area contributed by atoms with Gasteiger partial charge in [-0.15, -0.1) is 0 Å². The van der Waals surface area contributed by atoms with E-state index in [-0.39, 0.29) is 11.8 Å². The van der Waals surface area contributed by atoms with Crippen LogP contribution in [0.2, 0.25) is 0 Å². The predicted molar refractivity (Wildman–Crippen MR) is 64.7 cm³/mol. The summed E-state index contributed by atoms with van der Waals surface area (Å²) in [7, 11) is 1.75. The van der Waals surface area contributed by atoms with E-state index in [1.807, 2.05) is 13.8 Å². The van der Waals surface area contributed by atoms with Crippen LogP contribution in [0.3, 0.4) is 0 Å². The van der Waals surface area contributed by atoms with Crippen molar-refractivity contribution in [3.05, 3.63) is 0 Å². The highest BCUT2D eigenvalue weighted by Crippen LogP contribution is 2.00. The summed E-state index contributed by atoms with van der Waals surface area (Å²) in [6.45, 7) is 5.50. The Kier molecular flexibility index (Phi) is 7.25. The number of carbonyl (C=O) groups is 1. The Balaban J connectivity index is 3.83. The Morgan fingerprint density at radius 3 is 2.67 bits per heavy atom. The highest BCUT2D eigenvalue weighted by Gasteiger charge is 2.13. The minimum atomic E-state index is 0.0565. The Labute approximate surface area is 96.8 Å². The molecule has 4 nitrogen and oxygen atoms in total. The highest BCUT2D eigenvalue weighted by molar-refractivity contribution is 7.80. The molecule has 0 aromatic carbocycles. The van der Waals surface area contributed by atoms with E-state index in [1.165, 1.54) is 0 Å². The quantitative estimate of drug-likeness (QED) is 0.521. The molecule has 0 saturated carbocycles. The van der Waals surface area contributed by atoms with Gasteiger partial charge in [0.05, 0.1) is 18.0 Å². The average Bonchev–Trinajstić information content (AvgIpc) is 2.17. The van der Waals surface area contributed by atoms with Gasteiger partial charge in [-0.25, -0.2) is 0 Å². The zero-order chi connectivity index (χ0) is 11.8. The first kappa shape index (κ1) is 14.3. The molecule has 0 aliphatic carbocycles. The van der Waals surface area contributed by atoms with Gasteiger partial charge >= 0.3 is 0 Å². The van der Waals surface area contributed by atoms with Gasteiger partial charge in [0.1, 0.15) is 0 Å². The van der Waals surface area contributed by atoms with Crippen molar-refractivity contribution in [2.45, 2.75) is 20.3 Å². The molecule has 15 heavy (non-hydrogen) atoms. The molecule has 0 heterocycles. The Hall–Kier alpha value is -0.680. The summed E-state index contributed by atoms with van der Waals surface area (Å²) in [6, 6.07) is 0. The van der Waals surface area contributed by atoms with Crippen LogP contribution in [-0.2, 0) is 9.53 Å². The van der Waals surface area contributed by atoms with Crippen LogP contribution in [0.1, 0.15) is 20.3 Å². The van der Waals surface area contributed by atoms with Crippen LogP contribution in [0.5, 0.6) is 0 Å². The summed E-state index contributed by atoms with van der Waals surface area (Å²) >= 11 is 4.84. The first-order chi connectivity index (χ1) is 6.99. The van der Waals surface area contributed by atoms with Crippen LogP contribution in [0.15, 0.2) is 0 Å². The molecule has 5 heteroatoms. The van der Waals surface area contributed by atoms with Gasteiger partial charge in [0, 0.05) is 26.1 Å². The number of carbonyl (C=O) groups excluding carboxylic acids is 1. The molecule has 0 spiro atoms. The molecule has 0 aromatic rings. The summed E-state index contributed by atoms with van der Waals surface area (Å²) in [4.78, 5) is 13.6. The van der Waals surface area contributed by atoms with Gasteiger partial charge in [0.25, 0.3) is 0 Å².